The normalized spacial score (nSPS) is 11.9. The minimum atomic E-state index is -0.409. The molecule has 0 fully saturated rings. The second-order valence-electron chi connectivity index (χ2n) is 11.4. The highest BCUT2D eigenvalue weighted by molar-refractivity contribution is 6.88. The van der Waals surface area contributed by atoms with Crippen LogP contribution in [0.15, 0.2) is 103 Å². The van der Waals surface area contributed by atoms with Gasteiger partial charge in [0.2, 0.25) is 0 Å². The molecule has 0 N–H and O–H groups in total. The summed E-state index contributed by atoms with van der Waals surface area (Å²) in [4.78, 5) is 0. The molecular weight excluding hydrogens is 551 g/mol. The molecule has 8 aromatic rings. The lowest BCUT2D eigenvalue weighted by Gasteiger charge is -2.28. The summed E-state index contributed by atoms with van der Waals surface area (Å²) in [5.74, 6) is 0. The first-order valence-electron chi connectivity index (χ1n) is 14.5. The van der Waals surface area contributed by atoms with E-state index in [2.05, 4.69) is 100 Å². The fraction of sp³-hybridized carbons (Fsp3) is 0. The van der Waals surface area contributed by atoms with Gasteiger partial charge in [0.15, 0.2) is 0 Å². The van der Waals surface area contributed by atoms with Crippen LogP contribution in [0.25, 0.3) is 60.1 Å². The largest absolute Gasteiger partial charge is 0.374 e. The highest BCUT2D eigenvalue weighted by Crippen LogP contribution is 2.40. The molecule has 0 radical (unpaired) electrons. The van der Waals surface area contributed by atoms with Gasteiger partial charge in [-0.15, -0.1) is 0 Å². The van der Waals surface area contributed by atoms with Crippen LogP contribution >= 0.6 is 0 Å². The molecule has 6 aromatic carbocycles. The number of para-hydroxylation sites is 2. The van der Waals surface area contributed by atoms with Crippen molar-refractivity contribution in [2.75, 3.05) is 0 Å². The van der Waals surface area contributed by atoms with E-state index in [1.54, 1.807) is 24.3 Å². The quantitative estimate of drug-likeness (QED) is 0.211. The Morgan fingerprint density at radius 2 is 1.13 bits per heavy atom. The minimum absolute atomic E-state index is 0.337. The predicted molar refractivity (Wildman–Crippen MR) is 177 cm³/mol. The first-order chi connectivity index (χ1) is 22.2. The number of benzene rings is 6. The third-order valence-corrected chi connectivity index (χ3v) is 9.22. The van der Waals surface area contributed by atoms with E-state index in [4.69, 9.17) is 0 Å². The van der Waals surface area contributed by atoms with Gasteiger partial charge < -0.3 is 9.05 Å². The number of aromatic nitrogens is 2. The summed E-state index contributed by atoms with van der Waals surface area (Å²) in [5, 5.41) is 46.6. The number of hydrogen-bond donors (Lipinski definition) is 0. The Bertz CT molecular complexity index is 2740. The smallest absolute Gasteiger partial charge is 0.332 e. The van der Waals surface area contributed by atoms with Crippen LogP contribution in [0.2, 0.25) is 0 Å². The summed E-state index contributed by atoms with van der Waals surface area (Å²) in [6, 6.07) is 43.2. The summed E-state index contributed by atoms with van der Waals surface area (Å²) < 4.78 is 4.43. The molecule has 1 aliphatic heterocycles. The molecule has 9 rings (SSSR count). The van der Waals surface area contributed by atoms with Crippen molar-refractivity contribution < 1.29 is 0 Å². The van der Waals surface area contributed by atoms with Gasteiger partial charge in [-0.2, -0.15) is 21.0 Å². The highest BCUT2D eigenvalue weighted by Gasteiger charge is 2.37. The maximum absolute atomic E-state index is 10.4. The Balaban J connectivity index is 1.54. The molecule has 0 saturated heterocycles. The van der Waals surface area contributed by atoms with E-state index in [9.17, 15) is 21.0 Å². The molecule has 0 amide bonds. The van der Waals surface area contributed by atoms with Gasteiger partial charge >= 0.3 is 6.85 Å². The van der Waals surface area contributed by atoms with E-state index in [0.29, 0.717) is 44.1 Å². The SMILES string of the molecule is N#Cc1cc(C#N)c2c(c1)c1cc(C#N)cc(C#N)c1n2B1c2ccccc2-n2c3ccc4ccccc4c3c3cccc1c32. The molecule has 0 bridgehead atoms. The Kier molecular flexibility index (Phi) is 4.88. The van der Waals surface area contributed by atoms with E-state index < -0.39 is 6.85 Å². The first kappa shape index (κ1) is 24.8. The zero-order valence-corrected chi connectivity index (χ0v) is 23.6. The van der Waals surface area contributed by atoms with Gasteiger partial charge in [0.25, 0.3) is 0 Å². The summed E-state index contributed by atoms with van der Waals surface area (Å²) in [7, 11) is 0. The van der Waals surface area contributed by atoms with Gasteiger partial charge in [0, 0.05) is 27.2 Å². The van der Waals surface area contributed by atoms with E-state index in [1.165, 1.54) is 16.2 Å². The molecule has 202 valence electrons. The summed E-state index contributed by atoms with van der Waals surface area (Å²) in [5.41, 5.74) is 7.87. The van der Waals surface area contributed by atoms with Crippen molar-refractivity contribution in [3.8, 4) is 30.0 Å². The Hall–Kier alpha value is -6.80. The molecular formula is C38H17BN6. The van der Waals surface area contributed by atoms with E-state index in [-0.39, 0.29) is 0 Å². The van der Waals surface area contributed by atoms with Gasteiger partial charge in [-0.3, -0.25) is 0 Å². The third kappa shape index (κ3) is 3.09. The van der Waals surface area contributed by atoms with E-state index >= 15 is 0 Å². The lowest BCUT2D eigenvalue weighted by molar-refractivity contribution is 1.18. The average Bonchev–Trinajstić information content (AvgIpc) is 3.62. The number of hydrogen-bond acceptors (Lipinski definition) is 4. The summed E-state index contributed by atoms with van der Waals surface area (Å²) in [6.07, 6.45) is 0. The maximum Gasteiger partial charge on any atom is 0.332 e. The van der Waals surface area contributed by atoms with E-state index in [1.807, 2.05) is 12.1 Å². The Labute approximate surface area is 257 Å². The van der Waals surface area contributed by atoms with Crippen molar-refractivity contribution in [1.29, 1.82) is 21.0 Å². The lowest BCUT2D eigenvalue weighted by Crippen LogP contribution is -2.53. The molecule has 6 nitrogen and oxygen atoms in total. The van der Waals surface area contributed by atoms with Crippen LogP contribution in [-0.2, 0) is 0 Å². The van der Waals surface area contributed by atoms with Crippen molar-refractivity contribution in [2.24, 2.45) is 0 Å². The molecule has 0 unspecified atom stereocenters. The van der Waals surface area contributed by atoms with Gasteiger partial charge in [-0.05, 0) is 58.1 Å². The zero-order chi connectivity index (χ0) is 30.4. The van der Waals surface area contributed by atoms with Gasteiger partial charge in [0.05, 0.1) is 56.5 Å². The zero-order valence-electron chi connectivity index (χ0n) is 23.6. The molecule has 0 spiro atoms. The predicted octanol–water partition coefficient (Wildman–Crippen LogP) is 6.50. The van der Waals surface area contributed by atoms with Crippen LogP contribution in [0.1, 0.15) is 22.3 Å². The minimum Gasteiger partial charge on any atom is -0.374 e. The fourth-order valence-electron chi connectivity index (χ4n) is 7.57. The van der Waals surface area contributed by atoms with Crippen LogP contribution in [0.4, 0.5) is 0 Å². The van der Waals surface area contributed by atoms with Gasteiger partial charge in [0.1, 0.15) is 12.1 Å². The van der Waals surface area contributed by atoms with Crippen LogP contribution in [0.3, 0.4) is 0 Å². The van der Waals surface area contributed by atoms with Crippen LogP contribution in [-0.4, -0.2) is 15.9 Å². The molecule has 7 heteroatoms. The fourth-order valence-corrected chi connectivity index (χ4v) is 7.57. The molecule has 0 atom stereocenters. The molecule has 3 heterocycles. The molecule has 1 aliphatic rings. The topological polar surface area (TPSA) is 105 Å². The van der Waals surface area contributed by atoms with Gasteiger partial charge in [-0.25, -0.2) is 0 Å². The van der Waals surface area contributed by atoms with Gasteiger partial charge in [-0.1, -0.05) is 66.7 Å². The number of fused-ring (bicyclic) bond motifs is 10. The van der Waals surface area contributed by atoms with Crippen molar-refractivity contribution >= 4 is 72.2 Å². The van der Waals surface area contributed by atoms with Crippen molar-refractivity contribution in [3.05, 3.63) is 125 Å². The Morgan fingerprint density at radius 3 is 1.82 bits per heavy atom. The van der Waals surface area contributed by atoms with E-state index in [0.717, 1.165) is 33.0 Å². The average molecular weight is 568 g/mol. The summed E-state index contributed by atoms with van der Waals surface area (Å²) in [6.45, 7) is -0.409. The number of rotatable bonds is 1. The first-order valence-corrected chi connectivity index (χ1v) is 14.5. The second kappa shape index (κ2) is 8.86. The summed E-state index contributed by atoms with van der Waals surface area (Å²) >= 11 is 0. The third-order valence-electron chi connectivity index (χ3n) is 9.22. The molecule has 2 aromatic heterocycles. The van der Waals surface area contributed by atoms with Crippen LogP contribution in [0, 0.1) is 45.3 Å². The van der Waals surface area contributed by atoms with Crippen molar-refractivity contribution in [1.82, 2.24) is 9.05 Å². The monoisotopic (exact) mass is 568 g/mol. The lowest BCUT2D eigenvalue weighted by atomic mass is 9.48. The standard InChI is InChI=1S/C38H17BN6/c40-18-22-14-25(20-42)36-29(16-22)30-17-23(19-41)15-26(21-43)37(30)45(36)39-31-9-3-4-11-33(31)44-34-13-12-24-6-1-2-7-27(24)35(34)28-8-5-10-32(39)38(28)44/h1-17H. The Morgan fingerprint density at radius 1 is 0.511 bits per heavy atom. The van der Waals surface area contributed by atoms with Crippen molar-refractivity contribution in [3.63, 3.8) is 0 Å². The number of nitrogens with zero attached hydrogens (tertiary/aromatic N) is 6. The maximum atomic E-state index is 10.4. The highest BCUT2D eigenvalue weighted by atomic mass is 15.0. The van der Waals surface area contributed by atoms with Crippen LogP contribution < -0.4 is 10.9 Å². The second-order valence-corrected chi connectivity index (χ2v) is 11.4. The van der Waals surface area contributed by atoms with Crippen molar-refractivity contribution in [2.45, 2.75) is 0 Å². The molecule has 45 heavy (non-hydrogen) atoms. The van der Waals surface area contributed by atoms with Crippen LogP contribution in [0.5, 0.6) is 0 Å². The number of nitriles is 4. The molecule has 0 aliphatic carbocycles. The molecule has 0 saturated carbocycles.